The molecule has 0 aliphatic heterocycles. The first-order valence-electron chi connectivity index (χ1n) is 7.32. The van der Waals surface area contributed by atoms with Gasteiger partial charge in [-0.2, -0.15) is 5.10 Å². The molecule has 0 aliphatic rings. The highest BCUT2D eigenvalue weighted by Crippen LogP contribution is 2.23. The van der Waals surface area contributed by atoms with Crippen LogP contribution in [-0.4, -0.2) is 20.6 Å². The molecule has 1 N–H and O–H groups in total. The molecule has 1 aromatic heterocycles. The maximum Gasteiger partial charge on any atom is 0.282 e. The molecule has 3 aromatic rings. The van der Waals surface area contributed by atoms with Crippen LogP contribution in [-0.2, 0) is 0 Å². The summed E-state index contributed by atoms with van der Waals surface area (Å²) in [6.45, 7) is 1.89. The van der Waals surface area contributed by atoms with Crippen LogP contribution in [0.1, 0.15) is 15.9 Å². The number of rotatable bonds is 4. The summed E-state index contributed by atoms with van der Waals surface area (Å²) in [4.78, 5) is 22.8. The summed E-state index contributed by atoms with van der Waals surface area (Å²) in [6, 6.07) is 11.7. The van der Waals surface area contributed by atoms with E-state index < -0.39 is 22.3 Å². The van der Waals surface area contributed by atoms with Gasteiger partial charge in [-0.05, 0) is 30.7 Å². The Morgan fingerprint density at radius 2 is 2.00 bits per heavy atom. The van der Waals surface area contributed by atoms with E-state index in [9.17, 15) is 19.3 Å². The third kappa shape index (κ3) is 3.23. The first-order chi connectivity index (χ1) is 12.0. The number of para-hydroxylation sites is 1. The smallest absolute Gasteiger partial charge is 0.282 e. The summed E-state index contributed by atoms with van der Waals surface area (Å²) in [5, 5.41) is 17.8. The van der Waals surface area contributed by atoms with Crippen molar-refractivity contribution in [2.45, 2.75) is 6.92 Å². The Labute approximate surface area is 141 Å². The molecule has 3 rings (SSSR count). The predicted molar refractivity (Wildman–Crippen MR) is 89.3 cm³/mol. The molecule has 1 heterocycles. The quantitative estimate of drug-likeness (QED) is 0.581. The van der Waals surface area contributed by atoms with Gasteiger partial charge in [-0.25, -0.2) is 9.07 Å². The van der Waals surface area contributed by atoms with Crippen molar-refractivity contribution in [2.75, 3.05) is 5.32 Å². The van der Waals surface area contributed by atoms with Crippen LogP contribution in [0.5, 0.6) is 0 Å². The van der Waals surface area contributed by atoms with Gasteiger partial charge in [0.15, 0.2) is 0 Å². The number of carbonyl (C=O) groups is 1. The molecule has 2 aromatic carbocycles. The number of nitro benzene ring substituents is 1. The van der Waals surface area contributed by atoms with Crippen molar-refractivity contribution in [2.24, 2.45) is 0 Å². The number of hydrogen-bond donors (Lipinski definition) is 1. The van der Waals surface area contributed by atoms with E-state index in [1.54, 1.807) is 6.07 Å². The lowest BCUT2D eigenvalue weighted by Gasteiger charge is -2.11. The fourth-order valence-corrected chi connectivity index (χ4v) is 2.42. The Bertz CT molecular complexity index is 968. The van der Waals surface area contributed by atoms with Gasteiger partial charge in [-0.15, -0.1) is 0 Å². The lowest BCUT2D eigenvalue weighted by Crippen LogP contribution is -2.17. The number of carbonyl (C=O) groups excluding carboxylic acids is 1. The Kier molecular flexibility index (Phi) is 4.25. The normalized spacial score (nSPS) is 10.5. The van der Waals surface area contributed by atoms with E-state index in [4.69, 9.17) is 0 Å². The number of nitrogens with one attached hydrogen (secondary N) is 1. The fourth-order valence-electron chi connectivity index (χ4n) is 2.42. The average molecular weight is 340 g/mol. The number of halogens is 1. The van der Waals surface area contributed by atoms with Gasteiger partial charge in [-0.3, -0.25) is 14.9 Å². The van der Waals surface area contributed by atoms with E-state index in [0.717, 1.165) is 29.4 Å². The second kappa shape index (κ2) is 6.52. The molecule has 0 fully saturated rings. The Hall–Kier alpha value is -3.55. The molecule has 0 saturated carbocycles. The zero-order chi connectivity index (χ0) is 18.0. The molecule has 1 amide bonds. The molecule has 126 valence electrons. The number of nitrogens with zero attached hydrogens (tertiary/aromatic N) is 3. The largest absolute Gasteiger partial charge is 0.306 e. The van der Waals surface area contributed by atoms with Gasteiger partial charge < -0.3 is 5.32 Å². The lowest BCUT2D eigenvalue weighted by atomic mass is 10.1. The van der Waals surface area contributed by atoms with Crippen molar-refractivity contribution >= 4 is 17.4 Å². The number of benzene rings is 2. The van der Waals surface area contributed by atoms with Gasteiger partial charge in [0.1, 0.15) is 17.2 Å². The van der Waals surface area contributed by atoms with Crippen LogP contribution < -0.4 is 5.32 Å². The van der Waals surface area contributed by atoms with Gasteiger partial charge in [-0.1, -0.05) is 18.2 Å². The fraction of sp³-hybridized carbons (Fsp3) is 0.0588. The standard InChI is InChI=1S/C17H13FN4O3/c1-11-4-2-3-5-14(11)21-16(8-9-19-21)20-17(23)13-10-12(18)6-7-15(13)22(24)25/h2-10H,1H3,(H,20,23). The maximum absolute atomic E-state index is 13.4. The summed E-state index contributed by atoms with van der Waals surface area (Å²) in [6.07, 6.45) is 1.49. The number of nitro groups is 1. The maximum atomic E-state index is 13.4. The molecular weight excluding hydrogens is 327 g/mol. The second-order valence-corrected chi connectivity index (χ2v) is 5.29. The lowest BCUT2D eigenvalue weighted by molar-refractivity contribution is -0.385. The highest BCUT2D eigenvalue weighted by molar-refractivity contribution is 6.06. The summed E-state index contributed by atoms with van der Waals surface area (Å²) in [7, 11) is 0. The average Bonchev–Trinajstić information content (AvgIpc) is 3.02. The van der Waals surface area contributed by atoms with Crippen LogP contribution >= 0.6 is 0 Å². The Morgan fingerprint density at radius 3 is 2.72 bits per heavy atom. The monoisotopic (exact) mass is 340 g/mol. The first-order valence-corrected chi connectivity index (χ1v) is 7.32. The van der Waals surface area contributed by atoms with Gasteiger partial charge in [0.25, 0.3) is 11.6 Å². The van der Waals surface area contributed by atoms with Gasteiger partial charge >= 0.3 is 0 Å². The molecule has 25 heavy (non-hydrogen) atoms. The topological polar surface area (TPSA) is 90.1 Å². The van der Waals surface area contributed by atoms with Crippen molar-refractivity contribution < 1.29 is 14.1 Å². The molecule has 0 saturated heterocycles. The minimum atomic E-state index is -0.790. The minimum absolute atomic E-state index is 0.317. The van der Waals surface area contributed by atoms with E-state index in [2.05, 4.69) is 10.4 Å². The number of aryl methyl sites for hydroxylation is 1. The number of aromatic nitrogens is 2. The predicted octanol–water partition coefficient (Wildman–Crippen LogP) is 3.48. The van der Waals surface area contributed by atoms with E-state index in [1.165, 1.54) is 10.9 Å². The van der Waals surface area contributed by atoms with Crippen LogP contribution in [0, 0.1) is 22.9 Å². The van der Waals surface area contributed by atoms with Gasteiger partial charge in [0.05, 0.1) is 16.8 Å². The van der Waals surface area contributed by atoms with Gasteiger partial charge in [0.2, 0.25) is 0 Å². The van der Waals surface area contributed by atoms with Crippen LogP contribution in [0.2, 0.25) is 0 Å². The van der Waals surface area contributed by atoms with Crippen molar-refractivity contribution in [1.29, 1.82) is 0 Å². The zero-order valence-corrected chi connectivity index (χ0v) is 13.1. The van der Waals surface area contributed by atoms with Crippen LogP contribution in [0.3, 0.4) is 0 Å². The molecule has 0 aliphatic carbocycles. The summed E-state index contributed by atoms with van der Waals surface area (Å²) < 4.78 is 14.9. The number of anilines is 1. The van der Waals surface area contributed by atoms with E-state index >= 15 is 0 Å². The molecular formula is C17H13FN4O3. The summed E-state index contributed by atoms with van der Waals surface area (Å²) >= 11 is 0. The molecule has 0 unspecified atom stereocenters. The SMILES string of the molecule is Cc1ccccc1-n1nccc1NC(=O)c1cc(F)ccc1[N+](=O)[O-]. The van der Waals surface area contributed by atoms with Crippen molar-refractivity contribution in [3.05, 3.63) is 81.8 Å². The molecule has 0 bridgehead atoms. The number of amides is 1. The van der Waals surface area contributed by atoms with Crippen LogP contribution in [0.25, 0.3) is 5.69 Å². The minimum Gasteiger partial charge on any atom is -0.306 e. The molecule has 8 heteroatoms. The Balaban J connectivity index is 1.97. The molecule has 7 nitrogen and oxygen atoms in total. The highest BCUT2D eigenvalue weighted by Gasteiger charge is 2.22. The highest BCUT2D eigenvalue weighted by atomic mass is 19.1. The van der Waals surface area contributed by atoms with Crippen LogP contribution in [0.4, 0.5) is 15.9 Å². The summed E-state index contributed by atoms with van der Waals surface area (Å²) in [5.74, 6) is -1.21. The number of hydrogen-bond acceptors (Lipinski definition) is 4. The summed E-state index contributed by atoms with van der Waals surface area (Å²) in [5.41, 5.74) is 0.846. The molecule has 0 spiro atoms. The first kappa shape index (κ1) is 16.3. The van der Waals surface area contributed by atoms with Crippen molar-refractivity contribution in [3.63, 3.8) is 0 Å². The molecule has 0 atom stereocenters. The second-order valence-electron chi connectivity index (χ2n) is 5.29. The zero-order valence-electron chi connectivity index (χ0n) is 13.1. The Morgan fingerprint density at radius 1 is 1.24 bits per heavy atom. The third-order valence-corrected chi connectivity index (χ3v) is 3.63. The van der Waals surface area contributed by atoms with E-state index in [0.29, 0.717) is 5.82 Å². The van der Waals surface area contributed by atoms with Gasteiger partial charge in [0, 0.05) is 12.1 Å². The van der Waals surface area contributed by atoms with Crippen molar-refractivity contribution in [1.82, 2.24) is 9.78 Å². The van der Waals surface area contributed by atoms with E-state index in [-0.39, 0.29) is 5.56 Å². The molecule has 0 radical (unpaired) electrons. The van der Waals surface area contributed by atoms with Crippen molar-refractivity contribution in [3.8, 4) is 5.69 Å². The van der Waals surface area contributed by atoms with E-state index in [1.807, 2.05) is 31.2 Å². The third-order valence-electron chi connectivity index (χ3n) is 3.63. The van der Waals surface area contributed by atoms with Crippen LogP contribution in [0.15, 0.2) is 54.7 Å².